The Morgan fingerprint density at radius 2 is 2.30 bits per heavy atom. The predicted molar refractivity (Wildman–Crippen MR) is 74.0 cm³/mol. The molecular formula is C14H20N2O4. The van der Waals surface area contributed by atoms with Crippen LogP contribution in [0, 0.1) is 5.92 Å². The van der Waals surface area contributed by atoms with Crippen LogP contribution in [0.25, 0.3) is 0 Å². The number of carbonyl (C=O) groups is 1. The van der Waals surface area contributed by atoms with Gasteiger partial charge in [0.15, 0.2) is 11.5 Å². The van der Waals surface area contributed by atoms with Crippen molar-refractivity contribution in [2.75, 3.05) is 27.0 Å². The van der Waals surface area contributed by atoms with Crippen molar-refractivity contribution in [3.05, 3.63) is 17.7 Å². The van der Waals surface area contributed by atoms with Gasteiger partial charge in [0, 0.05) is 13.1 Å². The minimum atomic E-state index is -0.264. The lowest BCUT2D eigenvalue weighted by molar-refractivity contribution is -0.124. The van der Waals surface area contributed by atoms with E-state index in [0.29, 0.717) is 36.8 Å². The van der Waals surface area contributed by atoms with Crippen LogP contribution in [0.2, 0.25) is 0 Å². The van der Waals surface area contributed by atoms with Crippen molar-refractivity contribution in [1.82, 2.24) is 5.32 Å². The molecule has 0 aromatic heterocycles. The maximum atomic E-state index is 11.9. The Balaban J connectivity index is 2.18. The second-order valence-electron chi connectivity index (χ2n) is 4.56. The molecule has 1 unspecified atom stereocenters. The van der Waals surface area contributed by atoms with Crippen molar-refractivity contribution in [2.45, 2.75) is 13.3 Å². The van der Waals surface area contributed by atoms with Crippen molar-refractivity contribution in [3.8, 4) is 17.2 Å². The first-order valence-corrected chi connectivity index (χ1v) is 6.63. The van der Waals surface area contributed by atoms with Crippen molar-refractivity contribution < 1.29 is 19.0 Å². The molecule has 1 aromatic carbocycles. The summed E-state index contributed by atoms with van der Waals surface area (Å²) in [6.45, 7) is 2.96. The van der Waals surface area contributed by atoms with E-state index in [0.717, 1.165) is 5.56 Å². The molecule has 0 aliphatic carbocycles. The molecule has 6 nitrogen and oxygen atoms in total. The average Bonchev–Trinajstić information content (AvgIpc) is 2.92. The fourth-order valence-electron chi connectivity index (χ4n) is 2.19. The van der Waals surface area contributed by atoms with Crippen LogP contribution in [0.4, 0.5) is 0 Å². The minimum Gasteiger partial charge on any atom is -0.493 e. The smallest absolute Gasteiger partial charge is 0.231 e. The Hall–Kier alpha value is -1.95. The number of ether oxygens (including phenoxy) is 3. The van der Waals surface area contributed by atoms with E-state index in [9.17, 15) is 4.79 Å². The van der Waals surface area contributed by atoms with Gasteiger partial charge in [-0.25, -0.2) is 0 Å². The molecule has 110 valence electrons. The van der Waals surface area contributed by atoms with Crippen LogP contribution in [-0.4, -0.2) is 32.9 Å². The third kappa shape index (κ3) is 2.96. The summed E-state index contributed by atoms with van der Waals surface area (Å²) in [5, 5.41) is 2.79. The van der Waals surface area contributed by atoms with Crippen LogP contribution in [0.1, 0.15) is 12.5 Å². The molecule has 1 aromatic rings. The molecule has 3 N–H and O–H groups in total. The van der Waals surface area contributed by atoms with Crippen LogP contribution in [-0.2, 0) is 11.2 Å². The molecule has 0 radical (unpaired) electrons. The highest BCUT2D eigenvalue weighted by Gasteiger charge is 2.23. The van der Waals surface area contributed by atoms with Crippen molar-refractivity contribution >= 4 is 5.91 Å². The fraction of sp³-hybridized carbons (Fsp3) is 0.500. The van der Waals surface area contributed by atoms with Gasteiger partial charge in [0.25, 0.3) is 0 Å². The Morgan fingerprint density at radius 3 is 2.95 bits per heavy atom. The number of benzene rings is 1. The van der Waals surface area contributed by atoms with E-state index in [4.69, 9.17) is 19.9 Å². The third-order valence-electron chi connectivity index (χ3n) is 3.21. The Kier molecular flexibility index (Phi) is 4.68. The zero-order valence-corrected chi connectivity index (χ0v) is 11.8. The number of nitrogens with one attached hydrogen (secondary N) is 1. The van der Waals surface area contributed by atoms with Crippen LogP contribution >= 0.6 is 0 Å². The van der Waals surface area contributed by atoms with Gasteiger partial charge < -0.3 is 25.3 Å². The van der Waals surface area contributed by atoms with Crippen molar-refractivity contribution in [3.63, 3.8) is 0 Å². The summed E-state index contributed by atoms with van der Waals surface area (Å²) in [6.07, 6.45) is 0.537. The van der Waals surface area contributed by atoms with E-state index >= 15 is 0 Å². The second-order valence-corrected chi connectivity index (χ2v) is 4.56. The first kappa shape index (κ1) is 14.5. The molecule has 0 spiro atoms. The molecule has 1 aliphatic heterocycles. The van der Waals surface area contributed by atoms with E-state index in [1.54, 1.807) is 7.11 Å². The Bertz CT molecular complexity index is 490. The molecule has 0 fully saturated rings. The number of fused-ring (bicyclic) bond motifs is 1. The molecule has 1 atom stereocenters. The van der Waals surface area contributed by atoms with Crippen molar-refractivity contribution in [1.29, 1.82) is 0 Å². The number of amides is 1. The number of methoxy groups -OCH3 is 1. The van der Waals surface area contributed by atoms with Crippen molar-refractivity contribution in [2.24, 2.45) is 11.7 Å². The van der Waals surface area contributed by atoms with Gasteiger partial charge in [0.2, 0.25) is 18.4 Å². The fourth-order valence-corrected chi connectivity index (χ4v) is 2.19. The normalized spacial score (nSPS) is 13.9. The lowest BCUT2D eigenvalue weighted by atomic mass is 9.98. The Morgan fingerprint density at radius 1 is 1.50 bits per heavy atom. The van der Waals surface area contributed by atoms with Crippen LogP contribution in [0.5, 0.6) is 17.2 Å². The molecule has 1 aliphatic rings. The summed E-state index contributed by atoms with van der Waals surface area (Å²) in [5.74, 6) is 1.57. The summed E-state index contributed by atoms with van der Waals surface area (Å²) in [5.41, 5.74) is 6.62. The number of carbonyl (C=O) groups excluding carboxylic acids is 1. The molecule has 6 heteroatoms. The summed E-state index contributed by atoms with van der Waals surface area (Å²) in [7, 11) is 1.57. The second kappa shape index (κ2) is 6.47. The molecule has 0 bridgehead atoms. The van der Waals surface area contributed by atoms with E-state index in [1.807, 2.05) is 19.1 Å². The van der Waals surface area contributed by atoms with Crippen LogP contribution in [0.3, 0.4) is 0 Å². The van der Waals surface area contributed by atoms with Crippen LogP contribution in [0.15, 0.2) is 12.1 Å². The summed E-state index contributed by atoms with van der Waals surface area (Å²) in [4.78, 5) is 11.9. The van der Waals surface area contributed by atoms with Gasteiger partial charge in [-0.15, -0.1) is 0 Å². The van der Waals surface area contributed by atoms with Gasteiger partial charge in [0.05, 0.1) is 13.0 Å². The SMILES string of the molecule is CCNC(=O)C(CN)Cc1cc(OC)c2c(c1)OCO2. The quantitative estimate of drug-likeness (QED) is 0.800. The van der Waals surface area contributed by atoms with Crippen LogP contribution < -0.4 is 25.3 Å². The standard InChI is InChI=1S/C14H20N2O4/c1-3-16-14(17)10(7-15)4-9-5-11(18-2)13-12(6-9)19-8-20-13/h5-6,10H,3-4,7-8,15H2,1-2H3,(H,16,17). The highest BCUT2D eigenvalue weighted by atomic mass is 16.7. The molecule has 20 heavy (non-hydrogen) atoms. The monoisotopic (exact) mass is 280 g/mol. The highest BCUT2D eigenvalue weighted by molar-refractivity contribution is 5.79. The number of rotatable bonds is 6. The first-order chi connectivity index (χ1) is 9.69. The van der Waals surface area contributed by atoms with Gasteiger partial charge >= 0.3 is 0 Å². The molecule has 2 rings (SSSR count). The van der Waals surface area contributed by atoms with Gasteiger partial charge in [-0.3, -0.25) is 4.79 Å². The highest BCUT2D eigenvalue weighted by Crippen LogP contribution is 2.42. The zero-order chi connectivity index (χ0) is 14.5. The number of hydrogen-bond donors (Lipinski definition) is 2. The molecule has 0 saturated heterocycles. The summed E-state index contributed by atoms with van der Waals surface area (Å²) >= 11 is 0. The van der Waals surface area contributed by atoms with E-state index in [1.165, 1.54) is 0 Å². The lowest BCUT2D eigenvalue weighted by Crippen LogP contribution is -2.36. The van der Waals surface area contributed by atoms with Gasteiger partial charge in [0.1, 0.15) is 0 Å². The third-order valence-corrected chi connectivity index (χ3v) is 3.21. The van der Waals surface area contributed by atoms with Gasteiger partial charge in [-0.2, -0.15) is 0 Å². The maximum absolute atomic E-state index is 11.9. The predicted octanol–water partition coefficient (Wildman–Crippen LogP) is 0.677. The summed E-state index contributed by atoms with van der Waals surface area (Å²) in [6, 6.07) is 3.72. The van der Waals surface area contributed by atoms with E-state index < -0.39 is 0 Å². The first-order valence-electron chi connectivity index (χ1n) is 6.63. The summed E-state index contributed by atoms with van der Waals surface area (Å²) < 4.78 is 16.0. The van der Waals surface area contributed by atoms with Gasteiger partial charge in [-0.05, 0) is 31.0 Å². The molecule has 1 amide bonds. The lowest BCUT2D eigenvalue weighted by Gasteiger charge is -2.15. The number of hydrogen-bond acceptors (Lipinski definition) is 5. The zero-order valence-electron chi connectivity index (χ0n) is 11.8. The Labute approximate surface area is 118 Å². The van der Waals surface area contributed by atoms with Gasteiger partial charge in [-0.1, -0.05) is 0 Å². The average molecular weight is 280 g/mol. The molecular weight excluding hydrogens is 260 g/mol. The maximum Gasteiger partial charge on any atom is 0.231 e. The molecule has 1 heterocycles. The van der Waals surface area contributed by atoms with E-state index in [-0.39, 0.29) is 18.6 Å². The largest absolute Gasteiger partial charge is 0.493 e. The minimum absolute atomic E-state index is 0.0355. The van der Waals surface area contributed by atoms with E-state index in [2.05, 4.69) is 5.32 Å². The number of nitrogens with two attached hydrogens (primary N) is 1. The molecule has 0 saturated carbocycles. The topological polar surface area (TPSA) is 82.8 Å².